The zero-order valence-corrected chi connectivity index (χ0v) is 17.0. The molecule has 0 aromatic heterocycles. The van der Waals surface area contributed by atoms with Gasteiger partial charge in [-0.15, -0.1) is 0 Å². The Morgan fingerprint density at radius 2 is 1.69 bits per heavy atom. The van der Waals surface area contributed by atoms with Gasteiger partial charge >= 0.3 is 5.97 Å². The van der Waals surface area contributed by atoms with E-state index in [2.05, 4.69) is 39.8 Å². The SMILES string of the molecule is CC(=O)O[C@H]1CC[C@@H]2[C@H]3C=C[C@H]4C(C)(C)C(=O)CC[C@]4(C)[C@@H]3CC[C@]12C. The second kappa shape index (κ2) is 5.69. The minimum absolute atomic E-state index is 0.0780. The summed E-state index contributed by atoms with van der Waals surface area (Å²) in [6.45, 7) is 10.7. The molecule has 7 atom stereocenters. The molecule has 0 aromatic carbocycles. The van der Waals surface area contributed by atoms with Crippen molar-refractivity contribution in [2.75, 3.05) is 0 Å². The molecule has 3 nitrogen and oxygen atoms in total. The molecule has 3 saturated carbocycles. The molecule has 0 aromatic rings. The summed E-state index contributed by atoms with van der Waals surface area (Å²) in [4.78, 5) is 24.1. The highest BCUT2D eigenvalue weighted by Gasteiger charge is 2.62. The highest BCUT2D eigenvalue weighted by atomic mass is 16.5. The molecule has 144 valence electrons. The van der Waals surface area contributed by atoms with Gasteiger partial charge in [0.25, 0.3) is 0 Å². The minimum atomic E-state index is -0.245. The van der Waals surface area contributed by atoms with E-state index in [0.29, 0.717) is 29.5 Å². The molecule has 3 heteroatoms. The number of ether oxygens (including phenoxy) is 1. The largest absolute Gasteiger partial charge is 0.462 e. The number of carbonyl (C=O) groups excluding carboxylic acids is 2. The number of Topliss-reactive ketones (excluding diaryl/α,β-unsaturated/α-hetero) is 1. The molecule has 0 saturated heterocycles. The Kier molecular flexibility index (Phi) is 3.99. The van der Waals surface area contributed by atoms with Crippen molar-refractivity contribution in [3.05, 3.63) is 12.2 Å². The van der Waals surface area contributed by atoms with Crippen LogP contribution in [-0.2, 0) is 14.3 Å². The molecular weight excluding hydrogens is 324 g/mol. The Bertz CT molecular complexity index is 662. The first-order chi connectivity index (χ1) is 12.1. The van der Waals surface area contributed by atoms with E-state index in [0.717, 1.165) is 32.1 Å². The van der Waals surface area contributed by atoms with Crippen LogP contribution in [0.25, 0.3) is 0 Å². The van der Waals surface area contributed by atoms with Crippen LogP contribution in [0.4, 0.5) is 0 Å². The highest BCUT2D eigenvalue weighted by Crippen LogP contribution is 2.66. The van der Waals surface area contributed by atoms with Gasteiger partial charge in [-0.3, -0.25) is 9.59 Å². The average molecular weight is 359 g/mol. The highest BCUT2D eigenvalue weighted by molar-refractivity contribution is 5.85. The zero-order valence-electron chi connectivity index (χ0n) is 17.0. The van der Waals surface area contributed by atoms with Crippen molar-refractivity contribution in [2.24, 2.45) is 39.9 Å². The van der Waals surface area contributed by atoms with Crippen LogP contribution < -0.4 is 0 Å². The van der Waals surface area contributed by atoms with E-state index in [1.54, 1.807) is 0 Å². The van der Waals surface area contributed by atoms with Crippen LogP contribution in [0.3, 0.4) is 0 Å². The number of fused-ring (bicyclic) bond motifs is 5. The molecule has 0 aliphatic heterocycles. The topological polar surface area (TPSA) is 43.4 Å². The molecule has 0 amide bonds. The Morgan fingerprint density at radius 3 is 2.38 bits per heavy atom. The van der Waals surface area contributed by atoms with Crippen molar-refractivity contribution >= 4 is 11.8 Å². The van der Waals surface area contributed by atoms with Gasteiger partial charge in [0.1, 0.15) is 11.9 Å². The smallest absolute Gasteiger partial charge is 0.302 e. The Balaban J connectivity index is 1.68. The maximum atomic E-state index is 12.6. The molecule has 0 N–H and O–H groups in total. The third kappa shape index (κ3) is 2.31. The number of esters is 1. The van der Waals surface area contributed by atoms with Gasteiger partial charge in [-0.25, -0.2) is 0 Å². The Hall–Kier alpha value is -1.12. The molecule has 0 radical (unpaired) electrons. The van der Waals surface area contributed by atoms with Crippen LogP contribution in [0, 0.1) is 39.9 Å². The Labute approximate surface area is 157 Å². The predicted molar refractivity (Wildman–Crippen MR) is 101 cm³/mol. The second-order valence-corrected chi connectivity index (χ2v) is 10.5. The fourth-order valence-electron chi connectivity index (χ4n) is 7.55. The number of hydrogen-bond donors (Lipinski definition) is 0. The lowest BCUT2D eigenvalue weighted by atomic mass is 9.43. The third-order valence-electron chi connectivity index (χ3n) is 9.02. The van der Waals surface area contributed by atoms with Gasteiger partial charge in [-0.05, 0) is 61.2 Å². The van der Waals surface area contributed by atoms with Crippen molar-refractivity contribution in [1.82, 2.24) is 0 Å². The van der Waals surface area contributed by atoms with Gasteiger partial charge in [0.2, 0.25) is 0 Å². The molecule has 0 spiro atoms. The first kappa shape index (κ1) is 18.3. The van der Waals surface area contributed by atoms with E-state index in [1.165, 1.54) is 13.3 Å². The van der Waals surface area contributed by atoms with Gasteiger partial charge < -0.3 is 4.74 Å². The summed E-state index contributed by atoms with van der Waals surface area (Å²) in [5, 5.41) is 0. The number of hydrogen-bond acceptors (Lipinski definition) is 3. The normalized spacial score (nSPS) is 49.1. The fourth-order valence-corrected chi connectivity index (χ4v) is 7.55. The van der Waals surface area contributed by atoms with Crippen LogP contribution in [0.2, 0.25) is 0 Å². The molecule has 0 heterocycles. The maximum Gasteiger partial charge on any atom is 0.302 e. The van der Waals surface area contributed by atoms with Crippen molar-refractivity contribution in [3.8, 4) is 0 Å². The predicted octanol–water partition coefficient (Wildman–Crippen LogP) is 4.94. The lowest BCUT2D eigenvalue weighted by Crippen LogP contribution is -2.57. The standard InChI is InChI=1S/C23H34O3/c1-14(24)26-20-9-7-16-15-6-8-18-21(2,3)19(25)11-13-22(18,4)17(15)10-12-23(16,20)5/h6,8,15-18,20H,7,9-13H2,1-5H3/t15-,16-,17-,18+,20+,22-,23+/m1/s1. The second-order valence-electron chi connectivity index (χ2n) is 10.5. The Morgan fingerprint density at radius 1 is 1.00 bits per heavy atom. The zero-order chi connectivity index (χ0) is 18.9. The van der Waals surface area contributed by atoms with Gasteiger partial charge in [0, 0.05) is 24.2 Å². The van der Waals surface area contributed by atoms with E-state index in [4.69, 9.17) is 4.74 Å². The van der Waals surface area contributed by atoms with Gasteiger partial charge in [-0.2, -0.15) is 0 Å². The quantitative estimate of drug-likeness (QED) is 0.492. The van der Waals surface area contributed by atoms with Crippen LogP contribution in [-0.4, -0.2) is 17.9 Å². The fraction of sp³-hybridized carbons (Fsp3) is 0.826. The summed E-state index contributed by atoms with van der Waals surface area (Å²) in [5.41, 5.74) is 0.0865. The average Bonchev–Trinajstić information content (AvgIpc) is 2.88. The summed E-state index contributed by atoms with van der Waals surface area (Å²) in [5.74, 6) is 2.46. The third-order valence-corrected chi connectivity index (χ3v) is 9.02. The molecule has 4 aliphatic rings. The summed E-state index contributed by atoms with van der Waals surface area (Å²) in [6.07, 6.45) is 11.2. The minimum Gasteiger partial charge on any atom is -0.462 e. The van der Waals surface area contributed by atoms with Crippen molar-refractivity contribution in [3.63, 3.8) is 0 Å². The van der Waals surface area contributed by atoms with Gasteiger partial charge in [0.05, 0.1) is 0 Å². The van der Waals surface area contributed by atoms with Crippen LogP contribution in [0.15, 0.2) is 12.2 Å². The lowest BCUT2D eigenvalue weighted by molar-refractivity contribution is -0.159. The van der Waals surface area contributed by atoms with E-state index < -0.39 is 0 Å². The molecular formula is C23H34O3. The monoisotopic (exact) mass is 358 g/mol. The molecule has 0 unspecified atom stereocenters. The van der Waals surface area contributed by atoms with Gasteiger partial charge in [-0.1, -0.05) is 39.8 Å². The van der Waals surface area contributed by atoms with Crippen LogP contribution in [0.5, 0.6) is 0 Å². The van der Waals surface area contributed by atoms with E-state index in [1.807, 2.05) is 0 Å². The van der Waals surface area contributed by atoms with Crippen molar-refractivity contribution in [1.29, 1.82) is 0 Å². The molecule has 3 fully saturated rings. The summed E-state index contributed by atoms with van der Waals surface area (Å²) >= 11 is 0. The molecule has 4 rings (SSSR count). The molecule has 0 bridgehead atoms. The van der Waals surface area contributed by atoms with Crippen LogP contribution in [0.1, 0.15) is 73.1 Å². The van der Waals surface area contributed by atoms with E-state index >= 15 is 0 Å². The van der Waals surface area contributed by atoms with Crippen molar-refractivity contribution < 1.29 is 14.3 Å². The number of allylic oxidation sites excluding steroid dienone is 2. The maximum absolute atomic E-state index is 12.6. The van der Waals surface area contributed by atoms with E-state index in [9.17, 15) is 9.59 Å². The first-order valence-electron chi connectivity index (χ1n) is 10.5. The van der Waals surface area contributed by atoms with Crippen LogP contribution >= 0.6 is 0 Å². The summed E-state index contributed by atoms with van der Waals surface area (Å²) < 4.78 is 5.73. The lowest BCUT2D eigenvalue weighted by Gasteiger charge is -2.60. The molecule has 4 aliphatic carbocycles. The van der Waals surface area contributed by atoms with Gasteiger partial charge in [0.15, 0.2) is 0 Å². The van der Waals surface area contributed by atoms with Crippen molar-refractivity contribution in [2.45, 2.75) is 79.2 Å². The first-order valence-corrected chi connectivity index (χ1v) is 10.5. The van der Waals surface area contributed by atoms with E-state index in [-0.39, 0.29) is 28.3 Å². The number of rotatable bonds is 1. The number of ketones is 1. The summed E-state index contributed by atoms with van der Waals surface area (Å²) in [6, 6.07) is 0. The number of carbonyl (C=O) groups is 2. The summed E-state index contributed by atoms with van der Waals surface area (Å²) in [7, 11) is 0. The molecule has 26 heavy (non-hydrogen) atoms.